The van der Waals surface area contributed by atoms with Crippen LogP contribution in [0.25, 0.3) is 0 Å². The van der Waals surface area contributed by atoms with E-state index >= 15 is 0 Å². The smallest absolute Gasteiger partial charge is 0.361 e. The molecule has 0 aromatic carbocycles. The monoisotopic (exact) mass is 1350 g/mol. The maximum atomic E-state index is 13.0. The molecule has 9 nitrogen and oxygen atoms in total. The largest absolute Gasteiger partial charge is 0.477 e. The average Bonchev–Trinajstić information content (AvgIpc) is 3.27. The number of allylic oxidation sites excluding steroid dienone is 20. The van der Waals surface area contributed by atoms with E-state index in [1.165, 1.54) is 218 Å². The molecule has 2 unspecified atom stereocenters. The lowest BCUT2D eigenvalue weighted by Crippen LogP contribution is -2.40. The average molecular weight is 1350 g/mol. The van der Waals surface area contributed by atoms with Crippen molar-refractivity contribution in [2.45, 2.75) is 373 Å². The van der Waals surface area contributed by atoms with Crippen LogP contribution in [0.3, 0.4) is 0 Å². The van der Waals surface area contributed by atoms with E-state index in [0.29, 0.717) is 23.9 Å². The summed E-state index contributed by atoms with van der Waals surface area (Å²) in [5.41, 5.74) is 0. The molecule has 97 heavy (non-hydrogen) atoms. The molecule has 0 aromatic rings. The number of carboxylic acids is 1. The van der Waals surface area contributed by atoms with Crippen molar-refractivity contribution in [3.8, 4) is 0 Å². The van der Waals surface area contributed by atoms with Crippen LogP contribution >= 0.6 is 0 Å². The Bertz CT molecular complexity index is 2020. The van der Waals surface area contributed by atoms with Gasteiger partial charge in [0.05, 0.1) is 34.4 Å². The van der Waals surface area contributed by atoms with E-state index in [1.54, 1.807) is 0 Å². The Morgan fingerprint density at radius 1 is 0.320 bits per heavy atom. The first kappa shape index (κ1) is 92.7. The van der Waals surface area contributed by atoms with E-state index in [0.717, 1.165) is 109 Å². The first-order valence-corrected chi connectivity index (χ1v) is 40.7. The van der Waals surface area contributed by atoms with Gasteiger partial charge in [-0.2, -0.15) is 0 Å². The van der Waals surface area contributed by atoms with Gasteiger partial charge in [-0.1, -0.05) is 379 Å². The Labute approximate surface area is 599 Å². The van der Waals surface area contributed by atoms with Gasteiger partial charge in [0.2, 0.25) is 0 Å². The van der Waals surface area contributed by atoms with Gasteiger partial charge in [0.1, 0.15) is 13.2 Å². The van der Waals surface area contributed by atoms with Gasteiger partial charge in [0.25, 0.3) is 6.29 Å². The van der Waals surface area contributed by atoms with Crippen LogP contribution in [0.1, 0.15) is 361 Å². The zero-order valence-electron chi connectivity index (χ0n) is 64.0. The summed E-state index contributed by atoms with van der Waals surface area (Å²) in [4.78, 5) is 37.8. The summed E-state index contributed by atoms with van der Waals surface area (Å²) < 4.78 is 23.0. The number of aliphatic carboxylic acids is 1. The number of quaternary nitrogens is 1. The number of carbonyl (C=O) groups excluding carboxylic acids is 2. The summed E-state index contributed by atoms with van der Waals surface area (Å²) in [5.74, 6) is -2.00. The van der Waals surface area contributed by atoms with Gasteiger partial charge in [0.15, 0.2) is 6.10 Å². The van der Waals surface area contributed by atoms with E-state index in [-0.39, 0.29) is 32.2 Å². The molecular weight excluding hydrogens is 1200 g/mol. The Morgan fingerprint density at radius 2 is 0.588 bits per heavy atom. The van der Waals surface area contributed by atoms with Crippen molar-refractivity contribution in [1.29, 1.82) is 0 Å². The molecule has 0 rings (SSSR count). The van der Waals surface area contributed by atoms with E-state index < -0.39 is 24.3 Å². The number of hydrogen-bond donors (Lipinski definition) is 1. The zero-order chi connectivity index (χ0) is 70.4. The highest BCUT2D eigenvalue weighted by Crippen LogP contribution is 2.19. The van der Waals surface area contributed by atoms with Crippen LogP contribution < -0.4 is 0 Å². The van der Waals surface area contributed by atoms with Gasteiger partial charge in [-0.25, -0.2) is 4.79 Å². The number of carbonyl (C=O) groups is 3. The second-order valence-electron chi connectivity index (χ2n) is 28.4. The molecule has 0 amide bonds. The van der Waals surface area contributed by atoms with Crippen molar-refractivity contribution in [3.63, 3.8) is 0 Å². The molecule has 0 radical (unpaired) electrons. The van der Waals surface area contributed by atoms with Crippen molar-refractivity contribution in [2.24, 2.45) is 0 Å². The van der Waals surface area contributed by atoms with E-state index in [1.807, 2.05) is 21.1 Å². The number of ether oxygens (including phenoxy) is 4. The van der Waals surface area contributed by atoms with Crippen LogP contribution in [0.15, 0.2) is 122 Å². The summed E-state index contributed by atoms with van der Waals surface area (Å²) in [6.07, 6.45) is 108. The molecule has 0 spiro atoms. The fraction of sp³-hybridized carbons (Fsp3) is 0.739. The molecule has 0 saturated heterocycles. The van der Waals surface area contributed by atoms with E-state index in [4.69, 9.17) is 18.9 Å². The van der Waals surface area contributed by atoms with Gasteiger partial charge in [-0.15, -0.1) is 0 Å². The second-order valence-corrected chi connectivity index (χ2v) is 28.4. The minimum Gasteiger partial charge on any atom is -0.477 e. The van der Waals surface area contributed by atoms with Crippen LogP contribution in [0.5, 0.6) is 0 Å². The summed E-state index contributed by atoms with van der Waals surface area (Å²) in [6, 6.07) is 0. The summed E-state index contributed by atoms with van der Waals surface area (Å²) in [7, 11) is 5.98. The van der Waals surface area contributed by atoms with Gasteiger partial charge in [0, 0.05) is 12.8 Å². The van der Waals surface area contributed by atoms with Crippen molar-refractivity contribution in [1.82, 2.24) is 0 Å². The molecule has 0 bridgehead atoms. The van der Waals surface area contributed by atoms with Crippen molar-refractivity contribution in [3.05, 3.63) is 122 Å². The summed E-state index contributed by atoms with van der Waals surface area (Å²) in [5, 5.41) is 9.78. The molecule has 2 atom stereocenters. The Kier molecular flexibility index (Phi) is 74.0. The molecule has 0 aromatic heterocycles. The number of carboxylic acid groups (broad SMARTS) is 1. The van der Waals surface area contributed by atoms with Gasteiger partial charge in [-0.05, 0) is 89.9 Å². The maximum Gasteiger partial charge on any atom is 0.361 e. The molecule has 0 saturated carbocycles. The van der Waals surface area contributed by atoms with Crippen LogP contribution in [-0.4, -0.2) is 87.4 Å². The minimum absolute atomic E-state index is 0.184. The summed E-state index contributed by atoms with van der Waals surface area (Å²) in [6.45, 7) is 4.80. The normalized spacial score (nSPS) is 13.3. The van der Waals surface area contributed by atoms with Crippen LogP contribution in [0.2, 0.25) is 0 Å². The van der Waals surface area contributed by atoms with Crippen LogP contribution in [0.4, 0.5) is 0 Å². The van der Waals surface area contributed by atoms with Crippen LogP contribution in [-0.2, 0) is 33.3 Å². The molecule has 0 fully saturated rings. The lowest BCUT2D eigenvalue weighted by atomic mass is 10.0. The maximum absolute atomic E-state index is 13.0. The third kappa shape index (κ3) is 78.9. The minimum atomic E-state index is -1.52. The Balaban J connectivity index is 4.06. The standard InChI is InChI=1S/C88H153NO8/c1-6-8-10-12-14-16-18-20-22-24-26-28-30-32-34-36-38-39-40-41-42-43-44-45-46-47-49-51-53-55-57-59-61-63-65-67-69-71-73-75-77-79-86(91)97-84(83-96-88(87(92)93)94-81-80-89(3,4)5)82-95-85(90)78-76-74-72-70-68-66-64-62-60-58-56-54-52-50-48-37-35-33-31-29-27-25-23-21-19-17-15-13-11-9-7-2/h8,10,14,16,20,22,26,28,32,34,38-39,41-42,44-45,47,49,53,55,84,88H,6-7,9,11-13,15,17-19,21,23-25,27,29-31,33,35-37,40,43,46,48,50-52,54,56-83H2,1-5H3/p+1/b10-8-,16-14-,22-20-,28-26-,34-32-,39-38-,42-41-,45-44-,49-47-,55-53-. The van der Waals surface area contributed by atoms with Crippen molar-refractivity contribution in [2.75, 3.05) is 47.5 Å². The lowest BCUT2D eigenvalue weighted by Gasteiger charge is -2.25. The van der Waals surface area contributed by atoms with Crippen LogP contribution in [0, 0.1) is 0 Å². The molecule has 0 heterocycles. The van der Waals surface area contributed by atoms with Gasteiger partial charge >= 0.3 is 17.9 Å². The number of nitrogens with zero attached hydrogens (tertiary/aromatic N) is 1. The number of likely N-dealkylation sites (N-methyl/N-ethyl adjacent to an activating group) is 1. The third-order valence-corrected chi connectivity index (χ3v) is 17.7. The lowest BCUT2D eigenvalue weighted by molar-refractivity contribution is -0.870. The van der Waals surface area contributed by atoms with E-state index in [2.05, 4.69) is 135 Å². The zero-order valence-corrected chi connectivity index (χ0v) is 64.0. The highest BCUT2D eigenvalue weighted by atomic mass is 16.7. The first-order valence-electron chi connectivity index (χ1n) is 40.7. The highest BCUT2D eigenvalue weighted by molar-refractivity contribution is 5.71. The number of rotatable bonds is 75. The predicted molar refractivity (Wildman–Crippen MR) is 419 cm³/mol. The van der Waals surface area contributed by atoms with E-state index in [9.17, 15) is 19.5 Å². The Hall–Kier alpha value is -4.31. The number of hydrogen-bond acceptors (Lipinski definition) is 7. The molecule has 0 aliphatic heterocycles. The second kappa shape index (κ2) is 77.4. The SMILES string of the molecule is CC/C=C\C/C=C\C/C=C\C/C=C\C/C=C\C/C=C\C/C=C\C/C=C\C/C=C\C/C=C\CCCCCCCCCCCCC(=O)OC(COC(=O)CCCCCCCCCCCCCCCCCCCCCCCCCCCCCCCCC)COC(OCC[N+](C)(C)C)C(=O)O. The molecule has 9 heteroatoms. The predicted octanol–water partition coefficient (Wildman–Crippen LogP) is 26.3. The van der Waals surface area contributed by atoms with Gasteiger partial charge < -0.3 is 28.5 Å². The van der Waals surface area contributed by atoms with Crippen molar-refractivity contribution < 1.29 is 42.9 Å². The highest BCUT2D eigenvalue weighted by Gasteiger charge is 2.25. The molecule has 1 N–H and O–H groups in total. The quantitative estimate of drug-likeness (QED) is 0.0211. The Morgan fingerprint density at radius 3 is 0.876 bits per heavy atom. The molecule has 0 aliphatic carbocycles. The molecule has 0 aliphatic rings. The molecular formula is C88H154NO8+. The number of esters is 2. The topological polar surface area (TPSA) is 108 Å². The number of unbranched alkanes of at least 4 members (excludes halogenated alkanes) is 40. The van der Waals surface area contributed by atoms with Crippen molar-refractivity contribution >= 4 is 17.9 Å². The first-order chi connectivity index (χ1) is 47.6. The summed E-state index contributed by atoms with van der Waals surface area (Å²) >= 11 is 0. The third-order valence-electron chi connectivity index (χ3n) is 17.7. The molecule has 558 valence electrons. The van der Waals surface area contributed by atoms with Gasteiger partial charge in [-0.3, -0.25) is 9.59 Å². The fourth-order valence-corrected chi connectivity index (χ4v) is 11.6. The fourth-order valence-electron chi connectivity index (χ4n) is 11.6.